The van der Waals surface area contributed by atoms with Crippen molar-refractivity contribution in [3.8, 4) is 0 Å². The van der Waals surface area contributed by atoms with Crippen molar-refractivity contribution >= 4 is 5.69 Å². The van der Waals surface area contributed by atoms with Gasteiger partial charge in [-0.1, -0.05) is 32.6 Å². The molecule has 1 aromatic heterocycles. The van der Waals surface area contributed by atoms with Crippen LogP contribution in [0.2, 0.25) is 0 Å². The van der Waals surface area contributed by atoms with Gasteiger partial charge in [0, 0.05) is 12.2 Å². The average Bonchev–Trinajstić information content (AvgIpc) is 2.59. The lowest BCUT2D eigenvalue weighted by atomic mass is 9.95. The minimum Gasteiger partial charge on any atom is -0.381 e. The van der Waals surface area contributed by atoms with E-state index in [9.17, 15) is 0 Å². The Kier molecular flexibility index (Phi) is 5.03. The molecule has 1 fully saturated rings. The van der Waals surface area contributed by atoms with E-state index >= 15 is 0 Å². The minimum atomic E-state index is 0.648. The van der Waals surface area contributed by atoms with E-state index in [0.717, 1.165) is 5.92 Å². The number of aromatic nitrogens is 1. The van der Waals surface area contributed by atoms with E-state index in [1.807, 2.05) is 12.4 Å². The molecule has 0 bridgehead atoms. The molecule has 100 valence electrons. The second kappa shape index (κ2) is 6.77. The fraction of sp³-hybridized carbons (Fsp3) is 0.688. The molecule has 0 aliphatic heterocycles. The highest BCUT2D eigenvalue weighted by Gasteiger charge is 2.18. The minimum absolute atomic E-state index is 0.648. The summed E-state index contributed by atoms with van der Waals surface area (Å²) in [5.74, 6) is 0.969. The summed E-state index contributed by atoms with van der Waals surface area (Å²) >= 11 is 0. The van der Waals surface area contributed by atoms with Crippen molar-refractivity contribution in [1.29, 1.82) is 0 Å². The molecule has 1 aromatic rings. The van der Waals surface area contributed by atoms with Crippen LogP contribution in [0.25, 0.3) is 0 Å². The molecule has 0 spiro atoms. The molecule has 1 aliphatic carbocycles. The fourth-order valence-electron chi connectivity index (χ4n) is 3.05. The predicted octanol–water partition coefficient (Wildman–Crippen LogP) is 4.55. The molecule has 2 rings (SSSR count). The van der Waals surface area contributed by atoms with Gasteiger partial charge >= 0.3 is 0 Å². The van der Waals surface area contributed by atoms with Crippen molar-refractivity contribution in [3.05, 3.63) is 24.0 Å². The standard InChI is InChI=1S/C16H26N2/c1-3-5-14-6-4-7-15(9-8-14)18-16-12-17-11-10-13(16)2/h10-12,14-15,18H,3-9H2,1-2H3. The highest BCUT2D eigenvalue weighted by Crippen LogP contribution is 2.28. The number of nitrogens with one attached hydrogen (secondary N) is 1. The smallest absolute Gasteiger partial charge is 0.0558 e. The first-order valence-electron chi connectivity index (χ1n) is 7.46. The Bertz CT molecular complexity index is 362. The van der Waals surface area contributed by atoms with Crippen molar-refractivity contribution in [2.75, 3.05) is 5.32 Å². The van der Waals surface area contributed by atoms with Gasteiger partial charge in [-0.2, -0.15) is 0 Å². The van der Waals surface area contributed by atoms with E-state index in [4.69, 9.17) is 0 Å². The van der Waals surface area contributed by atoms with Crippen LogP contribution >= 0.6 is 0 Å². The van der Waals surface area contributed by atoms with Gasteiger partial charge in [-0.25, -0.2) is 0 Å². The largest absolute Gasteiger partial charge is 0.381 e. The van der Waals surface area contributed by atoms with Gasteiger partial charge in [-0.3, -0.25) is 4.98 Å². The predicted molar refractivity (Wildman–Crippen MR) is 77.9 cm³/mol. The SMILES string of the molecule is CCCC1CCCC(Nc2cnccc2C)CC1. The molecule has 18 heavy (non-hydrogen) atoms. The number of aryl methyl sites for hydroxylation is 1. The Morgan fingerprint density at radius 2 is 2.17 bits per heavy atom. The number of nitrogens with zero attached hydrogens (tertiary/aromatic N) is 1. The van der Waals surface area contributed by atoms with Crippen LogP contribution in [0.1, 0.15) is 57.4 Å². The number of pyridine rings is 1. The Hall–Kier alpha value is -1.05. The Morgan fingerprint density at radius 1 is 1.28 bits per heavy atom. The molecule has 2 nitrogen and oxygen atoms in total. The van der Waals surface area contributed by atoms with E-state index < -0.39 is 0 Å². The summed E-state index contributed by atoms with van der Waals surface area (Å²) in [4.78, 5) is 4.22. The van der Waals surface area contributed by atoms with Gasteiger partial charge in [0.25, 0.3) is 0 Å². The highest BCUT2D eigenvalue weighted by molar-refractivity contribution is 5.48. The van der Waals surface area contributed by atoms with Gasteiger partial charge in [0.2, 0.25) is 0 Å². The Balaban J connectivity index is 1.89. The van der Waals surface area contributed by atoms with E-state index in [2.05, 4.69) is 30.2 Å². The topological polar surface area (TPSA) is 24.9 Å². The molecule has 2 unspecified atom stereocenters. The van der Waals surface area contributed by atoms with Crippen molar-refractivity contribution < 1.29 is 0 Å². The third kappa shape index (κ3) is 3.72. The monoisotopic (exact) mass is 246 g/mol. The highest BCUT2D eigenvalue weighted by atomic mass is 14.9. The van der Waals surface area contributed by atoms with Crippen LogP contribution in [0.4, 0.5) is 5.69 Å². The van der Waals surface area contributed by atoms with Crippen LogP contribution in [-0.2, 0) is 0 Å². The lowest BCUT2D eigenvalue weighted by Gasteiger charge is -2.19. The Morgan fingerprint density at radius 3 is 2.94 bits per heavy atom. The first-order chi connectivity index (χ1) is 8.79. The first kappa shape index (κ1) is 13.4. The first-order valence-corrected chi connectivity index (χ1v) is 7.46. The van der Waals surface area contributed by atoms with E-state index in [-0.39, 0.29) is 0 Å². The molecule has 0 amide bonds. The van der Waals surface area contributed by atoms with Crippen molar-refractivity contribution in [2.45, 2.75) is 64.8 Å². The summed E-state index contributed by atoms with van der Waals surface area (Å²) in [5.41, 5.74) is 2.52. The van der Waals surface area contributed by atoms with Crippen LogP contribution in [0.15, 0.2) is 18.5 Å². The molecule has 1 heterocycles. The molecule has 1 N–H and O–H groups in total. The maximum atomic E-state index is 4.22. The van der Waals surface area contributed by atoms with E-state index in [1.165, 1.54) is 56.2 Å². The summed E-state index contributed by atoms with van der Waals surface area (Å²) in [6.45, 7) is 4.46. The molecule has 2 heteroatoms. The maximum absolute atomic E-state index is 4.22. The zero-order valence-corrected chi connectivity index (χ0v) is 11.8. The molecule has 2 atom stereocenters. The second-order valence-electron chi connectivity index (χ2n) is 5.69. The van der Waals surface area contributed by atoms with Crippen LogP contribution in [0.3, 0.4) is 0 Å². The van der Waals surface area contributed by atoms with Crippen molar-refractivity contribution in [3.63, 3.8) is 0 Å². The average molecular weight is 246 g/mol. The molecular weight excluding hydrogens is 220 g/mol. The van der Waals surface area contributed by atoms with Gasteiger partial charge < -0.3 is 5.32 Å². The summed E-state index contributed by atoms with van der Waals surface area (Å²) in [6.07, 6.45) is 13.4. The second-order valence-corrected chi connectivity index (χ2v) is 5.69. The number of hydrogen-bond donors (Lipinski definition) is 1. The zero-order valence-electron chi connectivity index (χ0n) is 11.8. The summed E-state index contributed by atoms with van der Waals surface area (Å²) in [7, 11) is 0. The number of rotatable bonds is 4. The maximum Gasteiger partial charge on any atom is 0.0558 e. The molecule has 1 aliphatic rings. The van der Waals surface area contributed by atoms with Gasteiger partial charge in [0.05, 0.1) is 11.9 Å². The zero-order chi connectivity index (χ0) is 12.8. The number of anilines is 1. The lowest BCUT2D eigenvalue weighted by molar-refractivity contribution is 0.422. The van der Waals surface area contributed by atoms with Gasteiger partial charge in [-0.05, 0) is 43.7 Å². The summed E-state index contributed by atoms with van der Waals surface area (Å²) in [6, 6.07) is 2.73. The molecule has 0 radical (unpaired) electrons. The van der Waals surface area contributed by atoms with Crippen molar-refractivity contribution in [1.82, 2.24) is 4.98 Å². The van der Waals surface area contributed by atoms with Gasteiger partial charge in [0.1, 0.15) is 0 Å². The lowest BCUT2D eigenvalue weighted by Crippen LogP contribution is -2.19. The van der Waals surface area contributed by atoms with Crippen LogP contribution < -0.4 is 5.32 Å². The van der Waals surface area contributed by atoms with E-state index in [0.29, 0.717) is 6.04 Å². The Labute approximate surface area is 111 Å². The van der Waals surface area contributed by atoms with Gasteiger partial charge in [-0.15, -0.1) is 0 Å². The van der Waals surface area contributed by atoms with Crippen LogP contribution in [0.5, 0.6) is 0 Å². The molecule has 1 saturated carbocycles. The normalized spacial score (nSPS) is 24.6. The van der Waals surface area contributed by atoms with Gasteiger partial charge in [0.15, 0.2) is 0 Å². The van der Waals surface area contributed by atoms with Crippen LogP contribution in [-0.4, -0.2) is 11.0 Å². The van der Waals surface area contributed by atoms with Crippen molar-refractivity contribution in [2.24, 2.45) is 5.92 Å². The molecule has 0 aromatic carbocycles. The van der Waals surface area contributed by atoms with E-state index in [1.54, 1.807) is 0 Å². The third-order valence-electron chi connectivity index (χ3n) is 4.18. The fourth-order valence-corrected chi connectivity index (χ4v) is 3.05. The molecular formula is C16H26N2. The van der Waals surface area contributed by atoms with Crippen LogP contribution in [0, 0.1) is 12.8 Å². The molecule has 0 saturated heterocycles. The third-order valence-corrected chi connectivity index (χ3v) is 4.18. The number of hydrogen-bond acceptors (Lipinski definition) is 2. The quantitative estimate of drug-likeness (QED) is 0.788. The summed E-state index contributed by atoms with van der Waals surface area (Å²) in [5, 5.41) is 3.69. The summed E-state index contributed by atoms with van der Waals surface area (Å²) < 4.78 is 0.